The van der Waals surface area contributed by atoms with E-state index in [1.165, 1.54) is 0 Å². The molecule has 1 fully saturated rings. The summed E-state index contributed by atoms with van der Waals surface area (Å²) in [5, 5.41) is 12.9. The first-order valence-corrected chi connectivity index (χ1v) is 7.55. The lowest BCUT2D eigenvalue weighted by Crippen LogP contribution is -2.44. The van der Waals surface area contributed by atoms with Crippen molar-refractivity contribution < 1.29 is 14.7 Å². The fourth-order valence-electron chi connectivity index (χ4n) is 2.91. The van der Waals surface area contributed by atoms with Gasteiger partial charge in [-0.1, -0.05) is 0 Å². The van der Waals surface area contributed by atoms with E-state index >= 15 is 0 Å². The van der Waals surface area contributed by atoms with Gasteiger partial charge in [0.25, 0.3) is 0 Å². The van der Waals surface area contributed by atoms with Crippen LogP contribution in [0.1, 0.15) is 44.1 Å². The standard InChI is InChI=1S/C15H23N3O3/c1-17-11-12(10-16-17)5-7-14(19)18-9-3-2-4-13(18)6-8-15(20)21/h10-11,13H,2-9H2,1H3,(H,20,21)/t13-/m0/s1. The lowest BCUT2D eigenvalue weighted by Gasteiger charge is -2.35. The van der Waals surface area contributed by atoms with Crippen LogP contribution in [0.4, 0.5) is 0 Å². The van der Waals surface area contributed by atoms with Crippen LogP contribution in [-0.4, -0.2) is 44.3 Å². The highest BCUT2D eigenvalue weighted by Gasteiger charge is 2.26. The van der Waals surface area contributed by atoms with Crippen LogP contribution in [0.15, 0.2) is 12.4 Å². The zero-order valence-corrected chi connectivity index (χ0v) is 12.5. The minimum atomic E-state index is -0.789. The second-order valence-corrected chi connectivity index (χ2v) is 5.69. The monoisotopic (exact) mass is 293 g/mol. The fraction of sp³-hybridized carbons (Fsp3) is 0.667. The molecular weight excluding hydrogens is 270 g/mol. The smallest absolute Gasteiger partial charge is 0.303 e. The molecule has 0 radical (unpaired) electrons. The fourth-order valence-corrected chi connectivity index (χ4v) is 2.91. The lowest BCUT2D eigenvalue weighted by molar-refractivity contribution is -0.140. The number of likely N-dealkylation sites (tertiary alicyclic amines) is 1. The molecule has 1 atom stereocenters. The molecular formula is C15H23N3O3. The van der Waals surface area contributed by atoms with Gasteiger partial charge in [0.15, 0.2) is 0 Å². The van der Waals surface area contributed by atoms with E-state index in [4.69, 9.17) is 5.11 Å². The van der Waals surface area contributed by atoms with Gasteiger partial charge >= 0.3 is 5.97 Å². The van der Waals surface area contributed by atoms with E-state index in [1.807, 2.05) is 18.1 Å². The first kappa shape index (κ1) is 15.5. The molecule has 2 heterocycles. The molecule has 0 bridgehead atoms. The molecule has 2 rings (SSSR count). The maximum Gasteiger partial charge on any atom is 0.303 e. The number of hydrogen-bond donors (Lipinski definition) is 1. The molecule has 6 heteroatoms. The van der Waals surface area contributed by atoms with Gasteiger partial charge in [-0.2, -0.15) is 5.10 Å². The Morgan fingerprint density at radius 3 is 2.86 bits per heavy atom. The average Bonchev–Trinajstić information content (AvgIpc) is 2.88. The summed E-state index contributed by atoms with van der Waals surface area (Å²) in [6.45, 7) is 0.760. The quantitative estimate of drug-likeness (QED) is 0.864. The second-order valence-electron chi connectivity index (χ2n) is 5.69. The van der Waals surface area contributed by atoms with Crippen LogP contribution < -0.4 is 0 Å². The average molecular weight is 293 g/mol. The van der Waals surface area contributed by atoms with Crippen molar-refractivity contribution in [3.8, 4) is 0 Å². The molecule has 1 aromatic rings. The van der Waals surface area contributed by atoms with E-state index in [1.54, 1.807) is 10.9 Å². The molecule has 1 aliphatic heterocycles. The van der Waals surface area contributed by atoms with E-state index in [0.29, 0.717) is 19.3 Å². The van der Waals surface area contributed by atoms with E-state index in [2.05, 4.69) is 5.10 Å². The van der Waals surface area contributed by atoms with Gasteiger partial charge in [0.2, 0.25) is 5.91 Å². The van der Waals surface area contributed by atoms with Crippen LogP contribution in [0, 0.1) is 0 Å². The zero-order chi connectivity index (χ0) is 15.2. The zero-order valence-electron chi connectivity index (χ0n) is 12.5. The molecule has 1 N–H and O–H groups in total. The SMILES string of the molecule is Cn1cc(CCC(=O)N2CCCC[C@H]2CCC(=O)O)cn1. The summed E-state index contributed by atoms with van der Waals surface area (Å²) in [5.74, 6) is -0.655. The summed E-state index contributed by atoms with van der Waals surface area (Å²) < 4.78 is 1.73. The highest BCUT2D eigenvalue weighted by atomic mass is 16.4. The largest absolute Gasteiger partial charge is 0.481 e. The number of carboxylic acids is 1. The maximum atomic E-state index is 12.4. The Labute approximate surface area is 124 Å². The summed E-state index contributed by atoms with van der Waals surface area (Å²) in [4.78, 5) is 25.0. The number of aryl methyl sites for hydroxylation is 2. The number of hydrogen-bond acceptors (Lipinski definition) is 3. The number of aliphatic carboxylic acids is 1. The Bertz CT molecular complexity index is 498. The second kappa shape index (κ2) is 7.24. The van der Waals surface area contributed by atoms with E-state index in [0.717, 1.165) is 31.4 Å². The van der Waals surface area contributed by atoms with Crippen molar-refractivity contribution in [1.82, 2.24) is 14.7 Å². The number of aromatic nitrogens is 2. The van der Waals surface area contributed by atoms with Crippen molar-refractivity contribution in [2.24, 2.45) is 7.05 Å². The number of carbonyl (C=O) groups is 2. The molecule has 21 heavy (non-hydrogen) atoms. The van der Waals surface area contributed by atoms with Crippen molar-refractivity contribution >= 4 is 11.9 Å². The number of carboxylic acid groups (broad SMARTS) is 1. The molecule has 1 saturated heterocycles. The predicted molar refractivity (Wildman–Crippen MR) is 77.8 cm³/mol. The molecule has 0 aliphatic carbocycles. The van der Waals surface area contributed by atoms with Gasteiger partial charge in [0.05, 0.1) is 6.20 Å². The van der Waals surface area contributed by atoms with Gasteiger partial charge in [0, 0.05) is 38.7 Å². The molecule has 0 aromatic carbocycles. The molecule has 0 unspecified atom stereocenters. The third kappa shape index (κ3) is 4.58. The van der Waals surface area contributed by atoms with E-state index in [-0.39, 0.29) is 18.4 Å². The van der Waals surface area contributed by atoms with Crippen molar-refractivity contribution in [2.75, 3.05) is 6.54 Å². The van der Waals surface area contributed by atoms with Crippen molar-refractivity contribution in [3.63, 3.8) is 0 Å². The summed E-state index contributed by atoms with van der Waals surface area (Å²) >= 11 is 0. The first-order chi connectivity index (χ1) is 10.1. The van der Waals surface area contributed by atoms with Gasteiger partial charge < -0.3 is 10.0 Å². The van der Waals surface area contributed by atoms with Crippen LogP contribution in [0.25, 0.3) is 0 Å². The normalized spacial score (nSPS) is 18.7. The summed E-state index contributed by atoms with van der Waals surface area (Å²) in [7, 11) is 1.86. The lowest BCUT2D eigenvalue weighted by atomic mass is 9.97. The Hall–Kier alpha value is -1.85. The highest BCUT2D eigenvalue weighted by molar-refractivity contribution is 5.77. The van der Waals surface area contributed by atoms with E-state index in [9.17, 15) is 9.59 Å². The van der Waals surface area contributed by atoms with Gasteiger partial charge in [-0.15, -0.1) is 0 Å². The van der Waals surface area contributed by atoms with Gasteiger partial charge in [-0.25, -0.2) is 0 Å². The van der Waals surface area contributed by atoms with Gasteiger partial charge in [-0.3, -0.25) is 14.3 Å². The van der Waals surface area contributed by atoms with Crippen LogP contribution in [0.2, 0.25) is 0 Å². The molecule has 0 saturated carbocycles. The van der Waals surface area contributed by atoms with Crippen LogP contribution in [0.3, 0.4) is 0 Å². The maximum absolute atomic E-state index is 12.4. The Morgan fingerprint density at radius 2 is 2.19 bits per heavy atom. The molecule has 6 nitrogen and oxygen atoms in total. The topological polar surface area (TPSA) is 75.4 Å². The van der Waals surface area contributed by atoms with Crippen molar-refractivity contribution in [1.29, 1.82) is 0 Å². The van der Waals surface area contributed by atoms with Crippen LogP contribution in [0.5, 0.6) is 0 Å². The van der Waals surface area contributed by atoms with Crippen LogP contribution >= 0.6 is 0 Å². The molecule has 1 amide bonds. The Balaban J connectivity index is 1.87. The summed E-state index contributed by atoms with van der Waals surface area (Å²) in [6.07, 6.45) is 8.58. The molecule has 1 aliphatic rings. The number of nitrogens with zero attached hydrogens (tertiary/aromatic N) is 3. The van der Waals surface area contributed by atoms with Gasteiger partial charge in [-0.05, 0) is 37.7 Å². The predicted octanol–water partition coefficient (Wildman–Crippen LogP) is 1.60. The highest BCUT2D eigenvalue weighted by Crippen LogP contribution is 2.22. The van der Waals surface area contributed by atoms with Crippen LogP contribution in [-0.2, 0) is 23.1 Å². The number of piperidine rings is 1. The molecule has 1 aromatic heterocycles. The first-order valence-electron chi connectivity index (χ1n) is 7.55. The summed E-state index contributed by atoms with van der Waals surface area (Å²) in [5.41, 5.74) is 1.06. The molecule has 0 spiro atoms. The number of rotatable bonds is 6. The third-order valence-corrected chi connectivity index (χ3v) is 4.02. The summed E-state index contributed by atoms with van der Waals surface area (Å²) in [6, 6.07) is 0.0937. The third-order valence-electron chi connectivity index (χ3n) is 4.02. The van der Waals surface area contributed by atoms with Gasteiger partial charge in [0.1, 0.15) is 0 Å². The number of amides is 1. The number of carbonyl (C=O) groups excluding carboxylic acids is 1. The molecule has 116 valence electrons. The minimum Gasteiger partial charge on any atom is -0.481 e. The Kier molecular flexibility index (Phi) is 5.36. The van der Waals surface area contributed by atoms with Crippen molar-refractivity contribution in [2.45, 2.75) is 51.0 Å². The van der Waals surface area contributed by atoms with E-state index < -0.39 is 5.97 Å². The Morgan fingerprint density at radius 1 is 1.38 bits per heavy atom. The minimum absolute atomic E-state index is 0.0937. The van der Waals surface area contributed by atoms with Crippen molar-refractivity contribution in [3.05, 3.63) is 18.0 Å².